The van der Waals surface area contributed by atoms with Crippen LogP contribution in [0.3, 0.4) is 0 Å². The van der Waals surface area contributed by atoms with Gasteiger partial charge in [-0.15, -0.1) is 0 Å². The second-order valence-electron chi connectivity index (χ2n) is 7.36. The van der Waals surface area contributed by atoms with Crippen molar-refractivity contribution in [2.24, 2.45) is 0 Å². The Kier molecular flexibility index (Phi) is 5.53. The quantitative estimate of drug-likeness (QED) is 0.684. The maximum atomic E-state index is 4.70. The topological polar surface area (TPSA) is 35.5 Å². The Balaban J connectivity index is 1.53. The number of aromatic nitrogens is 2. The minimum atomic E-state index is 0.276. The van der Waals surface area contributed by atoms with Gasteiger partial charge in [-0.05, 0) is 17.2 Å². The standard InChI is InChI=1S/C23H27N5/c1-26(2)21-13-14-24-23(25-21)28-17-15-27(16-18-28)22(19-9-5-3-6-10-19)20-11-7-4-8-12-20/h3-14,22H,15-18H2,1-2H3. The lowest BCUT2D eigenvalue weighted by Gasteiger charge is -2.39. The van der Waals surface area contributed by atoms with Crippen molar-refractivity contribution in [2.45, 2.75) is 6.04 Å². The van der Waals surface area contributed by atoms with Crippen molar-refractivity contribution < 1.29 is 0 Å². The van der Waals surface area contributed by atoms with E-state index < -0.39 is 0 Å². The highest BCUT2D eigenvalue weighted by Gasteiger charge is 2.27. The van der Waals surface area contributed by atoms with Gasteiger partial charge in [0.15, 0.2) is 0 Å². The molecule has 3 aromatic rings. The lowest BCUT2D eigenvalue weighted by Crippen LogP contribution is -2.48. The fourth-order valence-electron chi connectivity index (χ4n) is 3.81. The van der Waals surface area contributed by atoms with Crippen LogP contribution < -0.4 is 9.80 Å². The summed E-state index contributed by atoms with van der Waals surface area (Å²) < 4.78 is 0. The fraction of sp³-hybridized carbons (Fsp3) is 0.304. The molecule has 1 aromatic heterocycles. The largest absolute Gasteiger partial charge is 0.363 e. The van der Waals surface area contributed by atoms with Crippen LogP contribution in [0, 0.1) is 0 Å². The average molecular weight is 374 g/mol. The predicted molar refractivity (Wildman–Crippen MR) is 115 cm³/mol. The van der Waals surface area contributed by atoms with E-state index in [1.807, 2.05) is 31.3 Å². The number of piperazine rings is 1. The Morgan fingerprint density at radius 3 is 1.89 bits per heavy atom. The van der Waals surface area contributed by atoms with E-state index in [1.165, 1.54) is 11.1 Å². The molecule has 144 valence electrons. The molecule has 0 bridgehead atoms. The van der Waals surface area contributed by atoms with Crippen molar-refractivity contribution in [3.63, 3.8) is 0 Å². The Bertz CT molecular complexity index is 834. The van der Waals surface area contributed by atoms with E-state index in [9.17, 15) is 0 Å². The van der Waals surface area contributed by atoms with E-state index in [4.69, 9.17) is 4.98 Å². The summed E-state index contributed by atoms with van der Waals surface area (Å²) in [4.78, 5) is 16.1. The molecule has 28 heavy (non-hydrogen) atoms. The molecule has 1 aliphatic heterocycles. The molecule has 0 N–H and O–H groups in total. The SMILES string of the molecule is CN(C)c1ccnc(N2CCN(C(c3ccccc3)c3ccccc3)CC2)n1. The number of hydrogen-bond acceptors (Lipinski definition) is 5. The fourth-order valence-corrected chi connectivity index (χ4v) is 3.81. The van der Waals surface area contributed by atoms with Crippen molar-refractivity contribution in [1.82, 2.24) is 14.9 Å². The van der Waals surface area contributed by atoms with Gasteiger partial charge in [-0.1, -0.05) is 60.7 Å². The van der Waals surface area contributed by atoms with E-state index in [0.717, 1.165) is 37.9 Å². The third-order valence-electron chi connectivity index (χ3n) is 5.28. The van der Waals surface area contributed by atoms with E-state index in [0.29, 0.717) is 0 Å². The first-order chi connectivity index (χ1) is 13.7. The highest BCUT2D eigenvalue weighted by atomic mass is 15.3. The Morgan fingerprint density at radius 1 is 0.786 bits per heavy atom. The van der Waals surface area contributed by atoms with Crippen LogP contribution in [0.2, 0.25) is 0 Å². The van der Waals surface area contributed by atoms with Gasteiger partial charge < -0.3 is 9.80 Å². The number of nitrogens with zero attached hydrogens (tertiary/aromatic N) is 5. The van der Waals surface area contributed by atoms with E-state index in [1.54, 1.807) is 0 Å². The van der Waals surface area contributed by atoms with Crippen LogP contribution in [0.25, 0.3) is 0 Å². The Labute approximate surface area is 167 Å². The summed E-state index contributed by atoms with van der Waals surface area (Å²) in [5.41, 5.74) is 2.68. The molecule has 4 rings (SSSR count). The second kappa shape index (κ2) is 8.40. The van der Waals surface area contributed by atoms with Crippen molar-refractivity contribution in [3.8, 4) is 0 Å². The third kappa shape index (κ3) is 3.99. The lowest BCUT2D eigenvalue weighted by molar-refractivity contribution is 0.211. The summed E-state index contributed by atoms with van der Waals surface area (Å²) in [7, 11) is 4.02. The zero-order chi connectivity index (χ0) is 19.3. The van der Waals surface area contributed by atoms with E-state index >= 15 is 0 Å². The molecule has 0 radical (unpaired) electrons. The van der Waals surface area contributed by atoms with Crippen LogP contribution in [0.5, 0.6) is 0 Å². The van der Waals surface area contributed by atoms with Crippen molar-refractivity contribution in [2.75, 3.05) is 50.1 Å². The number of hydrogen-bond donors (Lipinski definition) is 0. The minimum absolute atomic E-state index is 0.276. The van der Waals surface area contributed by atoms with Gasteiger partial charge in [0.2, 0.25) is 5.95 Å². The van der Waals surface area contributed by atoms with Crippen LogP contribution in [-0.4, -0.2) is 55.1 Å². The van der Waals surface area contributed by atoms with Gasteiger partial charge in [-0.25, -0.2) is 4.98 Å². The summed E-state index contributed by atoms with van der Waals surface area (Å²) in [6.45, 7) is 3.80. The molecule has 0 amide bonds. The molecule has 0 aliphatic carbocycles. The van der Waals surface area contributed by atoms with Gasteiger partial charge >= 0.3 is 0 Å². The number of benzene rings is 2. The molecule has 5 nitrogen and oxygen atoms in total. The van der Waals surface area contributed by atoms with E-state index in [-0.39, 0.29) is 6.04 Å². The molecule has 0 unspecified atom stereocenters. The van der Waals surface area contributed by atoms with Crippen LogP contribution in [0.1, 0.15) is 17.2 Å². The van der Waals surface area contributed by atoms with Crippen LogP contribution in [0.15, 0.2) is 72.9 Å². The van der Waals surface area contributed by atoms with Gasteiger partial charge in [-0.2, -0.15) is 4.98 Å². The molecule has 1 saturated heterocycles. The number of rotatable bonds is 5. The first-order valence-electron chi connectivity index (χ1n) is 9.81. The van der Waals surface area contributed by atoms with E-state index in [2.05, 4.69) is 75.4 Å². The smallest absolute Gasteiger partial charge is 0.227 e. The molecule has 5 heteroatoms. The van der Waals surface area contributed by atoms with Gasteiger partial charge in [0.1, 0.15) is 5.82 Å². The summed E-state index contributed by atoms with van der Waals surface area (Å²) >= 11 is 0. The summed E-state index contributed by atoms with van der Waals surface area (Å²) in [5.74, 6) is 1.76. The first kappa shape index (κ1) is 18.4. The molecule has 0 spiro atoms. The Morgan fingerprint density at radius 2 is 1.36 bits per heavy atom. The van der Waals surface area contributed by atoms with Crippen LogP contribution in [-0.2, 0) is 0 Å². The predicted octanol–water partition coefficient (Wildman–Crippen LogP) is 3.45. The van der Waals surface area contributed by atoms with Gasteiger partial charge in [0.25, 0.3) is 0 Å². The van der Waals surface area contributed by atoms with Crippen LogP contribution in [0.4, 0.5) is 11.8 Å². The van der Waals surface area contributed by atoms with Crippen LogP contribution >= 0.6 is 0 Å². The zero-order valence-electron chi connectivity index (χ0n) is 16.6. The summed E-state index contributed by atoms with van der Waals surface area (Å²) in [6.07, 6.45) is 1.85. The third-order valence-corrected chi connectivity index (χ3v) is 5.28. The van der Waals surface area contributed by atoms with Crippen molar-refractivity contribution in [3.05, 3.63) is 84.1 Å². The second-order valence-corrected chi connectivity index (χ2v) is 7.36. The summed E-state index contributed by atoms with van der Waals surface area (Å²) in [6, 6.07) is 23.8. The molecule has 2 heterocycles. The molecule has 2 aromatic carbocycles. The van der Waals surface area contributed by atoms with Crippen molar-refractivity contribution >= 4 is 11.8 Å². The molecule has 1 aliphatic rings. The lowest BCUT2D eigenvalue weighted by atomic mass is 9.96. The molecular formula is C23H27N5. The highest BCUT2D eigenvalue weighted by molar-refractivity contribution is 5.43. The average Bonchev–Trinajstić information content (AvgIpc) is 2.76. The summed E-state index contributed by atoms with van der Waals surface area (Å²) in [5, 5.41) is 0. The molecule has 1 fully saturated rings. The number of anilines is 2. The van der Waals surface area contributed by atoms with Crippen molar-refractivity contribution in [1.29, 1.82) is 0 Å². The first-order valence-corrected chi connectivity index (χ1v) is 9.81. The normalized spacial score (nSPS) is 15.0. The maximum absolute atomic E-state index is 4.70. The highest BCUT2D eigenvalue weighted by Crippen LogP contribution is 2.30. The van der Waals surface area contributed by atoms with Gasteiger partial charge in [0.05, 0.1) is 6.04 Å². The molecule has 0 atom stereocenters. The monoisotopic (exact) mass is 373 g/mol. The minimum Gasteiger partial charge on any atom is -0.363 e. The Hall–Kier alpha value is -2.92. The zero-order valence-corrected chi connectivity index (χ0v) is 16.6. The van der Waals surface area contributed by atoms with Gasteiger partial charge in [-0.3, -0.25) is 4.90 Å². The maximum Gasteiger partial charge on any atom is 0.227 e. The molecular weight excluding hydrogens is 346 g/mol. The van der Waals surface area contributed by atoms with Gasteiger partial charge in [0, 0.05) is 46.5 Å². The molecule has 0 saturated carbocycles.